The van der Waals surface area contributed by atoms with E-state index in [9.17, 15) is 13.2 Å². The first kappa shape index (κ1) is 16.4. The fraction of sp³-hybridized carbons (Fsp3) is 0.286. The van der Waals surface area contributed by atoms with E-state index >= 15 is 0 Å². The maximum Gasteiger partial charge on any atom is 0.417 e. The Hall–Kier alpha value is -2.02. The smallest absolute Gasteiger partial charge is 0.417 e. The van der Waals surface area contributed by atoms with Crippen LogP contribution in [0, 0.1) is 6.92 Å². The molecule has 2 aromatic heterocycles. The number of anilines is 1. The number of aryl methyl sites for hydroxylation is 1. The summed E-state index contributed by atoms with van der Waals surface area (Å²) in [6.07, 6.45) is -2.11. The average Bonchev–Trinajstić information content (AvgIpc) is 2.44. The van der Waals surface area contributed by atoms with E-state index in [4.69, 9.17) is 16.3 Å². The van der Waals surface area contributed by atoms with Crippen LogP contribution in [0.1, 0.15) is 11.3 Å². The Labute approximate surface area is 130 Å². The summed E-state index contributed by atoms with van der Waals surface area (Å²) in [6, 6.07) is 4.46. The second-order valence-electron chi connectivity index (χ2n) is 4.47. The van der Waals surface area contributed by atoms with E-state index in [1.54, 1.807) is 12.3 Å². The van der Waals surface area contributed by atoms with E-state index in [1.807, 2.05) is 13.0 Å². The molecule has 0 fully saturated rings. The van der Waals surface area contributed by atoms with E-state index in [-0.39, 0.29) is 17.5 Å². The van der Waals surface area contributed by atoms with Gasteiger partial charge in [-0.3, -0.25) is 4.98 Å². The number of hydrogen-bond acceptors (Lipinski definition) is 4. The molecule has 0 unspecified atom stereocenters. The van der Waals surface area contributed by atoms with Gasteiger partial charge in [-0.2, -0.15) is 13.2 Å². The van der Waals surface area contributed by atoms with E-state index < -0.39 is 11.7 Å². The molecule has 0 radical (unpaired) electrons. The largest absolute Gasteiger partial charge is 0.475 e. The molecule has 8 heteroatoms. The van der Waals surface area contributed by atoms with Crippen LogP contribution < -0.4 is 10.1 Å². The lowest BCUT2D eigenvalue weighted by molar-refractivity contribution is -0.137. The quantitative estimate of drug-likeness (QED) is 0.843. The fourth-order valence-corrected chi connectivity index (χ4v) is 1.91. The van der Waals surface area contributed by atoms with Crippen molar-refractivity contribution in [2.24, 2.45) is 0 Å². The Morgan fingerprint density at radius 2 is 2.05 bits per heavy atom. The third-order valence-electron chi connectivity index (χ3n) is 2.70. The number of aromatic nitrogens is 2. The monoisotopic (exact) mass is 331 g/mol. The molecule has 22 heavy (non-hydrogen) atoms. The summed E-state index contributed by atoms with van der Waals surface area (Å²) in [5.41, 5.74) is 0.844. The van der Waals surface area contributed by atoms with Crippen LogP contribution >= 0.6 is 11.6 Å². The van der Waals surface area contributed by atoms with E-state index in [1.165, 1.54) is 0 Å². The van der Waals surface area contributed by atoms with Crippen molar-refractivity contribution in [1.29, 1.82) is 0 Å². The van der Waals surface area contributed by atoms with Gasteiger partial charge in [-0.25, -0.2) is 4.98 Å². The van der Waals surface area contributed by atoms with Gasteiger partial charge in [0.25, 0.3) is 0 Å². The van der Waals surface area contributed by atoms with Crippen molar-refractivity contribution in [3.8, 4) is 5.88 Å². The molecule has 0 aliphatic rings. The Morgan fingerprint density at radius 1 is 1.27 bits per heavy atom. The highest BCUT2D eigenvalue weighted by Crippen LogP contribution is 2.32. The molecule has 2 rings (SSSR count). The molecule has 0 aliphatic heterocycles. The predicted molar refractivity (Wildman–Crippen MR) is 77.2 cm³/mol. The van der Waals surface area contributed by atoms with Crippen molar-refractivity contribution in [2.75, 3.05) is 18.5 Å². The number of nitrogens with zero attached hydrogens (tertiary/aromatic N) is 2. The molecule has 0 bridgehead atoms. The molecule has 2 heterocycles. The number of nitrogens with one attached hydrogen (secondary N) is 1. The number of pyridine rings is 2. The van der Waals surface area contributed by atoms with Crippen molar-refractivity contribution in [3.05, 3.63) is 46.9 Å². The zero-order valence-corrected chi connectivity index (χ0v) is 12.4. The number of halogens is 4. The van der Waals surface area contributed by atoms with Crippen molar-refractivity contribution in [3.63, 3.8) is 0 Å². The van der Waals surface area contributed by atoms with Crippen LogP contribution in [0.3, 0.4) is 0 Å². The average molecular weight is 332 g/mol. The van der Waals surface area contributed by atoms with Crippen LogP contribution in [0.2, 0.25) is 5.02 Å². The Kier molecular flexibility index (Phi) is 5.07. The summed E-state index contributed by atoms with van der Waals surface area (Å²) in [5, 5.41) is 2.92. The molecule has 0 spiro atoms. The standard InChI is InChI=1S/C14H13ClF3N3O/c1-9-6-11(2-3-19-9)20-4-5-22-13-12(15)7-10(8-21-13)14(16,17)18/h2-3,6-8H,4-5H2,1H3,(H,19,20). The van der Waals surface area contributed by atoms with E-state index in [0.29, 0.717) is 12.7 Å². The van der Waals surface area contributed by atoms with Gasteiger partial charge in [-0.05, 0) is 25.1 Å². The first-order chi connectivity index (χ1) is 10.4. The van der Waals surface area contributed by atoms with Gasteiger partial charge in [-0.15, -0.1) is 0 Å². The van der Waals surface area contributed by atoms with Gasteiger partial charge in [0.2, 0.25) is 5.88 Å². The Balaban J connectivity index is 1.87. The van der Waals surface area contributed by atoms with Gasteiger partial charge in [-0.1, -0.05) is 11.6 Å². The molecule has 0 saturated heterocycles. The number of ether oxygens (including phenoxy) is 1. The van der Waals surface area contributed by atoms with Crippen molar-refractivity contribution in [2.45, 2.75) is 13.1 Å². The van der Waals surface area contributed by atoms with Crippen LogP contribution in [0.25, 0.3) is 0 Å². The molecule has 118 valence electrons. The van der Waals surface area contributed by atoms with Gasteiger partial charge >= 0.3 is 6.18 Å². The van der Waals surface area contributed by atoms with Crippen molar-refractivity contribution >= 4 is 17.3 Å². The molecule has 0 saturated carbocycles. The molecule has 0 atom stereocenters. The first-order valence-corrected chi connectivity index (χ1v) is 6.76. The fourth-order valence-electron chi connectivity index (χ4n) is 1.69. The first-order valence-electron chi connectivity index (χ1n) is 6.38. The number of hydrogen-bond donors (Lipinski definition) is 1. The second kappa shape index (κ2) is 6.83. The molecular weight excluding hydrogens is 319 g/mol. The summed E-state index contributed by atoms with van der Waals surface area (Å²) in [4.78, 5) is 7.66. The van der Waals surface area contributed by atoms with E-state index in [0.717, 1.165) is 17.4 Å². The highest BCUT2D eigenvalue weighted by Gasteiger charge is 2.31. The summed E-state index contributed by atoms with van der Waals surface area (Å²) in [5.74, 6) is -0.0256. The molecule has 1 N–H and O–H groups in total. The molecular formula is C14H13ClF3N3O. The summed E-state index contributed by atoms with van der Waals surface area (Å²) in [7, 11) is 0. The maximum absolute atomic E-state index is 12.5. The summed E-state index contributed by atoms with van der Waals surface area (Å²) >= 11 is 5.74. The predicted octanol–water partition coefficient (Wildman–Crippen LogP) is 3.95. The lowest BCUT2D eigenvalue weighted by atomic mass is 10.3. The summed E-state index contributed by atoms with van der Waals surface area (Å²) < 4.78 is 42.7. The molecule has 0 aromatic carbocycles. The SMILES string of the molecule is Cc1cc(NCCOc2ncc(C(F)(F)F)cc2Cl)ccn1. The molecule has 4 nitrogen and oxygen atoms in total. The van der Waals surface area contributed by atoms with Crippen LogP contribution in [0.15, 0.2) is 30.6 Å². The van der Waals surface area contributed by atoms with E-state index in [2.05, 4.69) is 15.3 Å². The molecule has 2 aromatic rings. The van der Waals surface area contributed by atoms with Crippen LogP contribution in [-0.4, -0.2) is 23.1 Å². The Bertz CT molecular complexity index is 649. The number of rotatable bonds is 5. The summed E-state index contributed by atoms with van der Waals surface area (Å²) in [6.45, 7) is 2.52. The van der Waals surface area contributed by atoms with Crippen LogP contribution in [0.4, 0.5) is 18.9 Å². The van der Waals surface area contributed by atoms with Gasteiger partial charge in [0, 0.05) is 30.3 Å². The highest BCUT2D eigenvalue weighted by atomic mass is 35.5. The van der Waals surface area contributed by atoms with Gasteiger partial charge in [0.15, 0.2) is 0 Å². The van der Waals surface area contributed by atoms with Crippen molar-refractivity contribution < 1.29 is 17.9 Å². The zero-order chi connectivity index (χ0) is 16.2. The highest BCUT2D eigenvalue weighted by molar-refractivity contribution is 6.31. The topological polar surface area (TPSA) is 47.0 Å². The zero-order valence-electron chi connectivity index (χ0n) is 11.6. The minimum Gasteiger partial charge on any atom is -0.475 e. The second-order valence-corrected chi connectivity index (χ2v) is 4.88. The van der Waals surface area contributed by atoms with Gasteiger partial charge in [0.1, 0.15) is 11.6 Å². The normalized spacial score (nSPS) is 11.3. The maximum atomic E-state index is 12.5. The van der Waals surface area contributed by atoms with Crippen LogP contribution in [0.5, 0.6) is 5.88 Å². The lowest BCUT2D eigenvalue weighted by Gasteiger charge is -2.11. The third-order valence-corrected chi connectivity index (χ3v) is 2.97. The molecule has 0 aliphatic carbocycles. The van der Waals surface area contributed by atoms with Crippen LogP contribution in [-0.2, 0) is 6.18 Å². The van der Waals surface area contributed by atoms with Gasteiger partial charge in [0.05, 0.1) is 5.56 Å². The minimum atomic E-state index is -4.48. The van der Waals surface area contributed by atoms with Crippen molar-refractivity contribution in [1.82, 2.24) is 9.97 Å². The number of alkyl halides is 3. The Morgan fingerprint density at radius 3 is 2.68 bits per heavy atom. The minimum absolute atomic E-state index is 0.0256. The lowest BCUT2D eigenvalue weighted by Crippen LogP contribution is -2.13. The molecule has 0 amide bonds. The third kappa shape index (κ3) is 4.49. The van der Waals surface area contributed by atoms with Gasteiger partial charge < -0.3 is 10.1 Å².